The summed E-state index contributed by atoms with van der Waals surface area (Å²) >= 11 is 0. The standard InChI is InChI=1S/C16H19NO3/c1-11-5-4-6-14(16(11)17)20-10-12-7-8-13(18-2)15(9-12)19-3/h4-9H,10,17H2,1-3H3. The summed E-state index contributed by atoms with van der Waals surface area (Å²) in [7, 11) is 3.22. The summed E-state index contributed by atoms with van der Waals surface area (Å²) in [6.45, 7) is 2.38. The largest absolute Gasteiger partial charge is 0.493 e. The van der Waals surface area contributed by atoms with E-state index < -0.39 is 0 Å². The van der Waals surface area contributed by atoms with Gasteiger partial charge in [-0.25, -0.2) is 0 Å². The fourth-order valence-electron chi connectivity index (χ4n) is 1.91. The van der Waals surface area contributed by atoms with E-state index in [0.29, 0.717) is 29.5 Å². The topological polar surface area (TPSA) is 53.7 Å². The Morgan fingerprint density at radius 1 is 0.950 bits per heavy atom. The maximum Gasteiger partial charge on any atom is 0.161 e. The molecule has 0 aliphatic carbocycles. The molecule has 2 N–H and O–H groups in total. The van der Waals surface area contributed by atoms with Crippen LogP contribution >= 0.6 is 0 Å². The maximum atomic E-state index is 5.98. The predicted octanol–water partition coefficient (Wildman–Crippen LogP) is 3.17. The predicted molar refractivity (Wildman–Crippen MR) is 79.5 cm³/mol. The van der Waals surface area contributed by atoms with Gasteiger partial charge in [-0.2, -0.15) is 0 Å². The van der Waals surface area contributed by atoms with E-state index in [-0.39, 0.29) is 0 Å². The van der Waals surface area contributed by atoms with Gasteiger partial charge in [0.15, 0.2) is 11.5 Å². The molecule has 0 saturated heterocycles. The van der Waals surface area contributed by atoms with Crippen LogP contribution in [0.1, 0.15) is 11.1 Å². The highest BCUT2D eigenvalue weighted by Gasteiger charge is 2.07. The second-order valence-corrected chi connectivity index (χ2v) is 4.46. The molecule has 0 spiro atoms. The summed E-state index contributed by atoms with van der Waals surface area (Å²) < 4.78 is 16.2. The molecule has 0 radical (unpaired) electrons. The fourth-order valence-corrected chi connectivity index (χ4v) is 1.91. The first kappa shape index (κ1) is 14.1. The third-order valence-corrected chi connectivity index (χ3v) is 3.13. The lowest BCUT2D eigenvalue weighted by Gasteiger charge is -2.12. The third kappa shape index (κ3) is 2.96. The van der Waals surface area contributed by atoms with E-state index in [4.69, 9.17) is 19.9 Å². The van der Waals surface area contributed by atoms with Gasteiger partial charge in [-0.15, -0.1) is 0 Å². The van der Waals surface area contributed by atoms with Crippen LogP contribution < -0.4 is 19.9 Å². The van der Waals surface area contributed by atoms with E-state index in [0.717, 1.165) is 11.1 Å². The molecule has 0 atom stereocenters. The molecule has 0 fully saturated rings. The smallest absolute Gasteiger partial charge is 0.161 e. The summed E-state index contributed by atoms with van der Waals surface area (Å²) in [6.07, 6.45) is 0. The second-order valence-electron chi connectivity index (χ2n) is 4.46. The van der Waals surface area contributed by atoms with Crippen LogP contribution in [0, 0.1) is 6.92 Å². The van der Waals surface area contributed by atoms with Gasteiger partial charge in [-0.1, -0.05) is 18.2 Å². The molecule has 106 valence electrons. The average molecular weight is 273 g/mol. The Bertz CT molecular complexity index is 596. The first-order valence-corrected chi connectivity index (χ1v) is 6.34. The number of ether oxygens (including phenoxy) is 3. The third-order valence-electron chi connectivity index (χ3n) is 3.13. The Hall–Kier alpha value is -2.36. The summed E-state index contributed by atoms with van der Waals surface area (Å²) in [6, 6.07) is 11.4. The second kappa shape index (κ2) is 6.19. The fraction of sp³-hybridized carbons (Fsp3) is 0.250. The number of methoxy groups -OCH3 is 2. The number of hydrogen-bond donors (Lipinski definition) is 1. The van der Waals surface area contributed by atoms with Gasteiger partial charge in [-0.3, -0.25) is 0 Å². The quantitative estimate of drug-likeness (QED) is 0.850. The molecular formula is C16H19NO3. The zero-order chi connectivity index (χ0) is 14.5. The zero-order valence-electron chi connectivity index (χ0n) is 12.0. The minimum absolute atomic E-state index is 0.425. The minimum Gasteiger partial charge on any atom is -0.493 e. The Morgan fingerprint density at radius 2 is 1.70 bits per heavy atom. The molecule has 0 unspecified atom stereocenters. The zero-order valence-corrected chi connectivity index (χ0v) is 12.0. The van der Waals surface area contributed by atoms with Crippen LogP contribution in [0.15, 0.2) is 36.4 Å². The first-order chi connectivity index (χ1) is 9.65. The molecule has 0 bridgehead atoms. The van der Waals surface area contributed by atoms with E-state index in [1.54, 1.807) is 14.2 Å². The van der Waals surface area contributed by atoms with Gasteiger partial charge in [0.1, 0.15) is 12.4 Å². The SMILES string of the molecule is COc1ccc(COc2cccc(C)c2N)cc1OC. The number of benzene rings is 2. The number of rotatable bonds is 5. The van der Waals surface area contributed by atoms with Crippen molar-refractivity contribution in [1.29, 1.82) is 0 Å². The molecule has 0 aliphatic heterocycles. The summed E-state index contributed by atoms with van der Waals surface area (Å²) in [5.41, 5.74) is 8.65. The van der Waals surface area contributed by atoms with Crippen LogP contribution in [0.2, 0.25) is 0 Å². The number of para-hydroxylation sites is 1. The Labute approximate surface area is 119 Å². The van der Waals surface area contributed by atoms with Gasteiger partial charge in [0, 0.05) is 0 Å². The molecule has 20 heavy (non-hydrogen) atoms. The van der Waals surface area contributed by atoms with Crippen LogP contribution in [0.5, 0.6) is 17.2 Å². The Morgan fingerprint density at radius 3 is 2.40 bits per heavy atom. The van der Waals surface area contributed by atoms with Crippen molar-refractivity contribution in [2.24, 2.45) is 0 Å². The summed E-state index contributed by atoms with van der Waals surface area (Å²) in [5.74, 6) is 2.08. The minimum atomic E-state index is 0.425. The number of anilines is 1. The van der Waals surface area contributed by atoms with Crippen LogP contribution in [0.3, 0.4) is 0 Å². The molecule has 0 amide bonds. The summed E-state index contributed by atoms with van der Waals surface area (Å²) in [4.78, 5) is 0. The lowest BCUT2D eigenvalue weighted by molar-refractivity contribution is 0.305. The van der Waals surface area contributed by atoms with Crippen LogP contribution in [0.4, 0.5) is 5.69 Å². The van der Waals surface area contributed by atoms with Crippen LogP contribution in [-0.4, -0.2) is 14.2 Å². The molecule has 0 heterocycles. The van der Waals surface area contributed by atoms with E-state index in [1.807, 2.05) is 43.3 Å². The van der Waals surface area contributed by atoms with Crippen molar-refractivity contribution in [1.82, 2.24) is 0 Å². The summed E-state index contributed by atoms with van der Waals surface area (Å²) in [5, 5.41) is 0. The number of hydrogen-bond acceptors (Lipinski definition) is 4. The highest BCUT2D eigenvalue weighted by atomic mass is 16.5. The van der Waals surface area contributed by atoms with Crippen molar-refractivity contribution in [3.8, 4) is 17.2 Å². The molecule has 4 nitrogen and oxygen atoms in total. The number of aryl methyl sites for hydroxylation is 1. The van der Waals surface area contributed by atoms with Gasteiger partial charge in [0.25, 0.3) is 0 Å². The Balaban J connectivity index is 2.13. The van der Waals surface area contributed by atoms with Crippen LogP contribution in [-0.2, 0) is 6.61 Å². The molecule has 0 aromatic heterocycles. The van der Waals surface area contributed by atoms with Crippen molar-refractivity contribution in [3.63, 3.8) is 0 Å². The van der Waals surface area contributed by atoms with Gasteiger partial charge in [0.05, 0.1) is 19.9 Å². The van der Waals surface area contributed by atoms with Crippen molar-refractivity contribution >= 4 is 5.69 Å². The molecule has 2 rings (SSSR count). The van der Waals surface area contributed by atoms with Crippen molar-refractivity contribution in [3.05, 3.63) is 47.5 Å². The van der Waals surface area contributed by atoms with Crippen LogP contribution in [0.25, 0.3) is 0 Å². The highest BCUT2D eigenvalue weighted by Crippen LogP contribution is 2.29. The molecule has 4 heteroatoms. The van der Waals surface area contributed by atoms with Gasteiger partial charge >= 0.3 is 0 Å². The molecule has 2 aromatic rings. The molecule has 0 saturated carbocycles. The van der Waals surface area contributed by atoms with E-state index >= 15 is 0 Å². The number of nitrogen functional groups attached to an aromatic ring is 1. The normalized spacial score (nSPS) is 10.2. The van der Waals surface area contributed by atoms with E-state index in [2.05, 4.69) is 0 Å². The maximum absolute atomic E-state index is 5.98. The van der Waals surface area contributed by atoms with Crippen molar-refractivity contribution in [2.45, 2.75) is 13.5 Å². The van der Waals surface area contributed by atoms with Gasteiger partial charge < -0.3 is 19.9 Å². The van der Waals surface area contributed by atoms with E-state index in [9.17, 15) is 0 Å². The Kier molecular flexibility index (Phi) is 4.35. The number of nitrogens with two attached hydrogens (primary N) is 1. The van der Waals surface area contributed by atoms with Crippen molar-refractivity contribution in [2.75, 3.05) is 20.0 Å². The van der Waals surface area contributed by atoms with E-state index in [1.165, 1.54) is 0 Å². The van der Waals surface area contributed by atoms with Crippen molar-refractivity contribution < 1.29 is 14.2 Å². The highest BCUT2D eigenvalue weighted by molar-refractivity contribution is 5.57. The molecule has 2 aromatic carbocycles. The van der Waals surface area contributed by atoms with Gasteiger partial charge in [-0.05, 0) is 36.2 Å². The lowest BCUT2D eigenvalue weighted by atomic mass is 10.2. The average Bonchev–Trinajstić information content (AvgIpc) is 2.48. The lowest BCUT2D eigenvalue weighted by Crippen LogP contribution is -2.01. The van der Waals surface area contributed by atoms with Gasteiger partial charge in [0.2, 0.25) is 0 Å². The monoisotopic (exact) mass is 273 g/mol. The molecular weight excluding hydrogens is 254 g/mol. The first-order valence-electron chi connectivity index (χ1n) is 6.34. The molecule has 0 aliphatic rings.